The van der Waals surface area contributed by atoms with Crippen LogP contribution >= 0.6 is 11.6 Å². The number of aliphatic carboxylic acids is 1. The molecule has 100 valence electrons. The molecule has 1 unspecified atom stereocenters. The van der Waals surface area contributed by atoms with Gasteiger partial charge in [-0.3, -0.25) is 4.79 Å². The van der Waals surface area contributed by atoms with Crippen LogP contribution in [0.25, 0.3) is 0 Å². The average molecular weight is 296 g/mol. The van der Waals surface area contributed by atoms with Gasteiger partial charge in [0.25, 0.3) is 0 Å². The minimum Gasteiger partial charge on any atom is -0.481 e. The summed E-state index contributed by atoms with van der Waals surface area (Å²) >= 11 is 5.67. The molecule has 0 aliphatic carbocycles. The summed E-state index contributed by atoms with van der Waals surface area (Å²) in [4.78, 5) is 10.2. The highest BCUT2D eigenvalue weighted by Gasteiger charge is 2.24. The fourth-order valence-electron chi connectivity index (χ4n) is 1.51. The number of rotatable bonds is 4. The summed E-state index contributed by atoms with van der Waals surface area (Å²) in [6.07, 6.45) is 0.814. The zero-order chi connectivity index (χ0) is 14.1. The Labute approximate surface area is 108 Å². The molecule has 8 heteroatoms. The van der Waals surface area contributed by atoms with Gasteiger partial charge < -0.3 is 10.8 Å². The first-order valence-electron chi connectivity index (χ1n) is 4.80. The Balaban J connectivity index is 3.44. The minimum atomic E-state index is -3.82. The van der Waals surface area contributed by atoms with Crippen molar-refractivity contribution in [2.75, 3.05) is 12.8 Å². The lowest BCUT2D eigenvalue weighted by Gasteiger charge is -2.12. The molecule has 0 aliphatic heterocycles. The topological polar surface area (TPSA) is 97.5 Å². The number of nitrogens with two attached hydrogens (primary N) is 1. The van der Waals surface area contributed by atoms with Crippen molar-refractivity contribution in [3.05, 3.63) is 28.5 Å². The van der Waals surface area contributed by atoms with Crippen molar-refractivity contribution in [3.63, 3.8) is 0 Å². The molecule has 0 aromatic heterocycles. The van der Waals surface area contributed by atoms with Crippen molar-refractivity contribution >= 4 is 27.4 Å². The monoisotopic (exact) mass is 295 g/mol. The summed E-state index contributed by atoms with van der Waals surface area (Å²) in [5, 5.41) is 8.52. The Kier molecular flexibility index (Phi) is 4.31. The highest BCUT2D eigenvalue weighted by atomic mass is 35.5. The first-order chi connectivity index (χ1) is 8.18. The van der Waals surface area contributed by atoms with E-state index in [0.29, 0.717) is 0 Å². The molecule has 5 nitrogen and oxygen atoms in total. The van der Waals surface area contributed by atoms with Crippen molar-refractivity contribution in [2.24, 2.45) is 5.73 Å². The number of hydrogen-bond acceptors (Lipinski definition) is 4. The zero-order valence-corrected chi connectivity index (χ0v) is 10.9. The summed E-state index contributed by atoms with van der Waals surface area (Å²) in [5.41, 5.74) is 5.29. The molecule has 0 bridgehead atoms. The molecule has 0 aliphatic rings. The van der Waals surface area contributed by atoms with E-state index >= 15 is 0 Å². The van der Waals surface area contributed by atoms with Crippen LogP contribution in [-0.4, -0.2) is 32.3 Å². The fourth-order valence-corrected chi connectivity index (χ4v) is 2.98. The number of carbonyl (C=O) groups is 1. The van der Waals surface area contributed by atoms with E-state index in [1.807, 2.05) is 0 Å². The highest BCUT2D eigenvalue weighted by Crippen LogP contribution is 2.29. The van der Waals surface area contributed by atoms with Gasteiger partial charge in [-0.1, -0.05) is 11.6 Å². The number of sulfone groups is 1. The van der Waals surface area contributed by atoms with Crippen LogP contribution in [0.3, 0.4) is 0 Å². The van der Waals surface area contributed by atoms with E-state index in [9.17, 15) is 17.6 Å². The molecule has 1 atom stereocenters. The lowest BCUT2D eigenvalue weighted by molar-refractivity contribution is -0.138. The standard InChI is InChI=1S/C10H11ClFNO4S/c1-18(16,17)9-7(11)2-5(3-8(9)12)6(4-13)10(14)15/h2-3,6H,4,13H2,1H3,(H,14,15). The molecule has 0 fully saturated rings. The normalized spacial score (nSPS) is 13.3. The Morgan fingerprint density at radius 3 is 2.44 bits per heavy atom. The van der Waals surface area contributed by atoms with Gasteiger partial charge in [0, 0.05) is 12.8 Å². The second-order valence-corrected chi connectivity index (χ2v) is 6.07. The Bertz CT molecular complexity index is 565. The van der Waals surface area contributed by atoms with Gasteiger partial charge in [0.05, 0.1) is 10.9 Å². The van der Waals surface area contributed by atoms with Crippen molar-refractivity contribution in [3.8, 4) is 0 Å². The summed E-state index contributed by atoms with van der Waals surface area (Å²) in [7, 11) is -3.82. The van der Waals surface area contributed by atoms with Crippen LogP contribution in [0.4, 0.5) is 4.39 Å². The smallest absolute Gasteiger partial charge is 0.312 e. The number of halogens is 2. The molecule has 0 amide bonds. The molecule has 3 N–H and O–H groups in total. The first-order valence-corrected chi connectivity index (χ1v) is 7.07. The fraction of sp³-hybridized carbons (Fsp3) is 0.300. The predicted octanol–water partition coefficient (Wildman–Crippen LogP) is 1.01. The number of carboxylic acids is 1. The van der Waals surface area contributed by atoms with Crippen LogP contribution in [0, 0.1) is 5.82 Å². The quantitative estimate of drug-likeness (QED) is 0.864. The molecule has 1 aromatic rings. The van der Waals surface area contributed by atoms with E-state index in [2.05, 4.69) is 0 Å². The van der Waals surface area contributed by atoms with Crippen LogP contribution in [-0.2, 0) is 14.6 Å². The number of hydrogen-bond donors (Lipinski definition) is 2. The van der Waals surface area contributed by atoms with E-state index in [4.69, 9.17) is 22.4 Å². The average Bonchev–Trinajstić information content (AvgIpc) is 2.13. The Morgan fingerprint density at radius 1 is 1.56 bits per heavy atom. The third kappa shape index (κ3) is 2.98. The molecule has 0 saturated carbocycles. The number of carboxylic acid groups (broad SMARTS) is 1. The third-order valence-electron chi connectivity index (χ3n) is 2.33. The molecular weight excluding hydrogens is 285 g/mol. The molecule has 0 radical (unpaired) electrons. The van der Waals surface area contributed by atoms with Gasteiger partial charge in [0.2, 0.25) is 0 Å². The molecular formula is C10H11ClFNO4S. The SMILES string of the molecule is CS(=O)(=O)c1c(F)cc(C(CN)C(=O)O)cc1Cl. The number of benzene rings is 1. The summed E-state index contributed by atoms with van der Waals surface area (Å²) in [6.45, 7) is -0.247. The van der Waals surface area contributed by atoms with Gasteiger partial charge in [0.1, 0.15) is 10.7 Å². The first kappa shape index (κ1) is 14.9. The third-order valence-corrected chi connectivity index (χ3v) is 3.89. The maximum Gasteiger partial charge on any atom is 0.312 e. The van der Waals surface area contributed by atoms with Crippen molar-refractivity contribution in [1.82, 2.24) is 0 Å². The maximum absolute atomic E-state index is 13.7. The van der Waals surface area contributed by atoms with Crippen LogP contribution in [0.1, 0.15) is 11.5 Å². The van der Waals surface area contributed by atoms with Crippen LogP contribution in [0.2, 0.25) is 5.02 Å². The van der Waals surface area contributed by atoms with Crippen LogP contribution in [0.5, 0.6) is 0 Å². The molecule has 1 aromatic carbocycles. The van der Waals surface area contributed by atoms with Gasteiger partial charge in [-0.05, 0) is 17.7 Å². The van der Waals surface area contributed by atoms with E-state index in [1.54, 1.807) is 0 Å². The lowest BCUT2D eigenvalue weighted by Crippen LogP contribution is -2.21. The van der Waals surface area contributed by atoms with Crippen LogP contribution in [0.15, 0.2) is 17.0 Å². The molecule has 18 heavy (non-hydrogen) atoms. The van der Waals surface area contributed by atoms with E-state index in [-0.39, 0.29) is 17.1 Å². The summed E-state index contributed by atoms with van der Waals surface area (Å²) in [5.74, 6) is -3.45. The van der Waals surface area contributed by atoms with Crippen molar-refractivity contribution in [2.45, 2.75) is 10.8 Å². The predicted molar refractivity (Wildman–Crippen MR) is 64.0 cm³/mol. The van der Waals surface area contributed by atoms with Crippen molar-refractivity contribution in [1.29, 1.82) is 0 Å². The molecule has 0 heterocycles. The lowest BCUT2D eigenvalue weighted by atomic mass is 9.99. The summed E-state index contributed by atoms with van der Waals surface area (Å²) < 4.78 is 36.3. The molecule has 0 saturated heterocycles. The van der Waals surface area contributed by atoms with Gasteiger partial charge in [-0.15, -0.1) is 0 Å². The minimum absolute atomic E-state index is 0.0277. The van der Waals surface area contributed by atoms with Gasteiger partial charge in [0.15, 0.2) is 9.84 Å². The Morgan fingerprint density at radius 2 is 2.11 bits per heavy atom. The highest BCUT2D eigenvalue weighted by molar-refractivity contribution is 7.90. The van der Waals surface area contributed by atoms with Gasteiger partial charge >= 0.3 is 5.97 Å². The Hall–Kier alpha value is -1.18. The van der Waals surface area contributed by atoms with E-state index < -0.39 is 32.4 Å². The summed E-state index contributed by atoms with van der Waals surface area (Å²) in [6, 6.07) is 1.93. The van der Waals surface area contributed by atoms with Crippen molar-refractivity contribution < 1.29 is 22.7 Å². The maximum atomic E-state index is 13.7. The van der Waals surface area contributed by atoms with Gasteiger partial charge in [-0.2, -0.15) is 0 Å². The largest absolute Gasteiger partial charge is 0.481 e. The van der Waals surface area contributed by atoms with Crippen LogP contribution < -0.4 is 5.73 Å². The zero-order valence-electron chi connectivity index (χ0n) is 9.35. The van der Waals surface area contributed by atoms with Gasteiger partial charge in [-0.25, -0.2) is 12.8 Å². The molecule has 1 rings (SSSR count). The second-order valence-electron chi connectivity index (χ2n) is 3.71. The van der Waals surface area contributed by atoms with E-state index in [0.717, 1.165) is 18.4 Å². The molecule has 0 spiro atoms. The second kappa shape index (κ2) is 5.21. The van der Waals surface area contributed by atoms with E-state index in [1.165, 1.54) is 0 Å².